The molecule has 1 atom stereocenters. The van der Waals surface area contributed by atoms with E-state index in [1.54, 1.807) is 61.7 Å². The lowest BCUT2D eigenvalue weighted by Crippen LogP contribution is -2.45. The number of benzene rings is 3. The molecule has 0 saturated heterocycles. The molecule has 3 aromatic rings. The summed E-state index contributed by atoms with van der Waals surface area (Å²) in [7, 11) is -2.46. The number of anilines is 1. The fourth-order valence-electron chi connectivity index (χ4n) is 4.49. The van der Waals surface area contributed by atoms with Crippen LogP contribution < -0.4 is 23.8 Å². The molecule has 0 spiro atoms. The van der Waals surface area contributed by atoms with E-state index in [0.29, 0.717) is 36.0 Å². The molecule has 202 valence electrons. The summed E-state index contributed by atoms with van der Waals surface area (Å²) in [5, 5.41) is 3.04. The largest absolute Gasteiger partial charge is 0.497 e. The summed E-state index contributed by atoms with van der Waals surface area (Å²) in [6, 6.07) is 18.3. The summed E-state index contributed by atoms with van der Waals surface area (Å²) in [5.41, 5.74) is 1.55. The molecule has 1 amide bonds. The van der Waals surface area contributed by atoms with Gasteiger partial charge in [-0.1, -0.05) is 17.7 Å². The Bertz CT molecular complexity index is 1390. The minimum atomic E-state index is -4.04. The second-order valence-corrected chi connectivity index (χ2v) is 11.7. The van der Waals surface area contributed by atoms with E-state index >= 15 is 0 Å². The number of ether oxygens (including phenoxy) is 3. The molecule has 1 aliphatic heterocycles. The van der Waals surface area contributed by atoms with Crippen molar-refractivity contribution < 1.29 is 27.4 Å². The topological polar surface area (TPSA) is 94.2 Å². The zero-order valence-electron chi connectivity index (χ0n) is 22.4. The zero-order chi connectivity index (χ0) is 27.5. The molecule has 1 aliphatic rings. The molecule has 4 rings (SSSR count). The van der Waals surface area contributed by atoms with Crippen LogP contribution in [0.15, 0.2) is 71.6 Å². The highest BCUT2D eigenvalue weighted by molar-refractivity contribution is 7.92. The number of methoxy groups -OCH3 is 1. The first-order valence-corrected chi connectivity index (χ1v) is 13.9. The van der Waals surface area contributed by atoms with Gasteiger partial charge in [-0.3, -0.25) is 9.10 Å². The first kappa shape index (κ1) is 27.3. The Hall–Kier alpha value is -3.72. The van der Waals surface area contributed by atoms with E-state index in [2.05, 4.69) is 5.32 Å². The molecule has 0 fully saturated rings. The van der Waals surface area contributed by atoms with Gasteiger partial charge in [0.25, 0.3) is 10.0 Å². The van der Waals surface area contributed by atoms with E-state index in [4.69, 9.17) is 14.2 Å². The van der Waals surface area contributed by atoms with Gasteiger partial charge in [0.2, 0.25) is 5.91 Å². The molecule has 1 unspecified atom stereocenters. The lowest BCUT2D eigenvalue weighted by atomic mass is 9.89. The Balaban J connectivity index is 1.65. The number of carbonyl (C=O) groups is 1. The third-order valence-corrected chi connectivity index (χ3v) is 8.13. The highest BCUT2D eigenvalue weighted by Gasteiger charge is 2.36. The van der Waals surface area contributed by atoms with Gasteiger partial charge in [-0.05, 0) is 82.3 Å². The number of carbonyl (C=O) groups excluding carboxylic acids is 1. The summed E-state index contributed by atoms with van der Waals surface area (Å²) in [6.45, 7) is 7.75. The van der Waals surface area contributed by atoms with Gasteiger partial charge in [0.15, 0.2) is 0 Å². The van der Waals surface area contributed by atoms with E-state index in [0.717, 1.165) is 15.4 Å². The fourth-order valence-corrected chi connectivity index (χ4v) is 5.91. The normalized spacial score (nSPS) is 16.1. The minimum absolute atomic E-state index is 0.104. The van der Waals surface area contributed by atoms with Gasteiger partial charge >= 0.3 is 0 Å². The molecule has 38 heavy (non-hydrogen) atoms. The number of amides is 1. The molecule has 0 saturated carbocycles. The molecule has 0 aromatic heterocycles. The Morgan fingerprint density at radius 3 is 2.34 bits per heavy atom. The highest BCUT2D eigenvalue weighted by Crippen LogP contribution is 2.41. The van der Waals surface area contributed by atoms with Gasteiger partial charge in [0.05, 0.1) is 30.3 Å². The van der Waals surface area contributed by atoms with Crippen molar-refractivity contribution in [2.45, 2.75) is 50.7 Å². The summed E-state index contributed by atoms with van der Waals surface area (Å²) < 4.78 is 45.6. The average molecular weight is 539 g/mol. The quantitative estimate of drug-likeness (QED) is 0.411. The number of sulfonamides is 1. The van der Waals surface area contributed by atoms with E-state index in [9.17, 15) is 13.2 Å². The molecule has 0 radical (unpaired) electrons. The maximum absolute atomic E-state index is 13.7. The van der Waals surface area contributed by atoms with Crippen LogP contribution in [-0.2, 0) is 14.8 Å². The number of hydrogen-bond acceptors (Lipinski definition) is 6. The summed E-state index contributed by atoms with van der Waals surface area (Å²) in [6.07, 6.45) is 0.507. The van der Waals surface area contributed by atoms with Crippen molar-refractivity contribution in [3.05, 3.63) is 77.9 Å². The SMILES string of the molecule is CCOc1ccc(N(CC(=O)NC2CC(C)(C)Oc3ccc(OC)cc32)S(=O)(=O)c2ccc(C)cc2)cc1. The second-order valence-electron chi connectivity index (χ2n) is 9.84. The third-order valence-electron chi connectivity index (χ3n) is 6.34. The van der Waals surface area contributed by atoms with Gasteiger partial charge < -0.3 is 19.5 Å². The highest BCUT2D eigenvalue weighted by atomic mass is 32.2. The Kier molecular flexibility index (Phi) is 7.87. The van der Waals surface area contributed by atoms with Crippen LogP contribution >= 0.6 is 0 Å². The Morgan fingerprint density at radius 1 is 1.05 bits per heavy atom. The first-order valence-electron chi connectivity index (χ1n) is 12.5. The van der Waals surface area contributed by atoms with Crippen molar-refractivity contribution in [1.82, 2.24) is 5.32 Å². The van der Waals surface area contributed by atoms with Crippen LogP contribution in [0.3, 0.4) is 0 Å². The lowest BCUT2D eigenvalue weighted by molar-refractivity contribution is -0.120. The number of hydrogen-bond donors (Lipinski definition) is 1. The van der Waals surface area contributed by atoms with Crippen molar-refractivity contribution in [3.63, 3.8) is 0 Å². The predicted octanol–water partition coefficient (Wildman–Crippen LogP) is 5.02. The second kappa shape index (κ2) is 10.9. The number of aryl methyl sites for hydroxylation is 1. The van der Waals surface area contributed by atoms with Crippen LogP contribution in [0.5, 0.6) is 17.2 Å². The van der Waals surface area contributed by atoms with Crippen LogP contribution in [0.25, 0.3) is 0 Å². The standard InChI is InChI=1S/C29H34N2O6S/c1-6-36-22-11-9-21(10-12-22)31(38(33,34)24-14-7-20(2)8-15-24)19-28(32)30-26-18-29(3,4)37-27-16-13-23(35-5)17-25(26)27/h7-17,26H,6,18-19H2,1-5H3,(H,30,32). The number of fused-ring (bicyclic) bond motifs is 1. The van der Waals surface area contributed by atoms with Gasteiger partial charge in [-0.25, -0.2) is 8.42 Å². The molecular formula is C29H34N2O6S. The molecular weight excluding hydrogens is 504 g/mol. The summed E-state index contributed by atoms with van der Waals surface area (Å²) >= 11 is 0. The van der Waals surface area contributed by atoms with Gasteiger partial charge in [-0.15, -0.1) is 0 Å². The molecule has 8 nitrogen and oxygen atoms in total. The Labute approximate surface area is 224 Å². The average Bonchev–Trinajstić information content (AvgIpc) is 2.87. The molecule has 9 heteroatoms. The van der Waals surface area contributed by atoms with E-state index < -0.39 is 28.1 Å². The van der Waals surface area contributed by atoms with Crippen LogP contribution in [0, 0.1) is 6.92 Å². The summed E-state index contributed by atoms with van der Waals surface area (Å²) in [4.78, 5) is 13.6. The van der Waals surface area contributed by atoms with Gasteiger partial charge in [-0.2, -0.15) is 0 Å². The van der Waals surface area contributed by atoms with Crippen molar-refractivity contribution in [3.8, 4) is 17.2 Å². The van der Waals surface area contributed by atoms with Gasteiger partial charge in [0.1, 0.15) is 29.4 Å². The maximum atomic E-state index is 13.7. The molecule has 0 bridgehead atoms. The predicted molar refractivity (Wildman–Crippen MR) is 147 cm³/mol. The number of nitrogens with one attached hydrogen (secondary N) is 1. The summed E-state index contributed by atoms with van der Waals surface area (Å²) in [5.74, 6) is 1.47. The Morgan fingerprint density at radius 2 is 1.71 bits per heavy atom. The monoisotopic (exact) mass is 538 g/mol. The molecule has 3 aromatic carbocycles. The van der Waals surface area contributed by atoms with Crippen LogP contribution in [-0.4, -0.2) is 40.2 Å². The zero-order valence-corrected chi connectivity index (χ0v) is 23.2. The van der Waals surface area contributed by atoms with Crippen molar-refractivity contribution in [2.24, 2.45) is 0 Å². The van der Waals surface area contributed by atoms with E-state index in [-0.39, 0.29) is 10.9 Å². The first-order chi connectivity index (χ1) is 18.0. The van der Waals surface area contributed by atoms with Gasteiger partial charge in [0, 0.05) is 12.0 Å². The minimum Gasteiger partial charge on any atom is -0.497 e. The fraction of sp³-hybridized carbons (Fsp3) is 0.345. The number of rotatable bonds is 9. The maximum Gasteiger partial charge on any atom is 0.264 e. The van der Waals surface area contributed by atoms with Crippen LogP contribution in [0.2, 0.25) is 0 Å². The van der Waals surface area contributed by atoms with E-state index in [1.165, 1.54) is 0 Å². The smallest absolute Gasteiger partial charge is 0.264 e. The van der Waals surface area contributed by atoms with Crippen molar-refractivity contribution in [1.29, 1.82) is 0 Å². The van der Waals surface area contributed by atoms with Crippen LogP contribution in [0.4, 0.5) is 5.69 Å². The van der Waals surface area contributed by atoms with Crippen LogP contribution in [0.1, 0.15) is 44.4 Å². The van der Waals surface area contributed by atoms with Crippen molar-refractivity contribution >= 4 is 21.6 Å². The number of nitrogens with zero attached hydrogens (tertiary/aromatic N) is 1. The van der Waals surface area contributed by atoms with Crippen molar-refractivity contribution in [2.75, 3.05) is 24.6 Å². The third kappa shape index (κ3) is 6.05. The van der Waals surface area contributed by atoms with E-state index in [1.807, 2.05) is 39.8 Å². The molecule has 0 aliphatic carbocycles. The lowest BCUT2D eigenvalue weighted by Gasteiger charge is -2.38. The molecule has 1 N–H and O–H groups in total. The molecule has 1 heterocycles.